The first kappa shape index (κ1) is 9.00. The Morgan fingerprint density at radius 2 is 2.00 bits per heavy atom. The van der Waals surface area contributed by atoms with Crippen LogP contribution < -0.4 is 5.73 Å². The minimum absolute atomic E-state index is 0.346. The van der Waals surface area contributed by atoms with Crippen molar-refractivity contribution in [1.82, 2.24) is 0 Å². The zero-order valence-corrected chi connectivity index (χ0v) is 7.96. The topological polar surface area (TPSA) is 46.2 Å². The molecule has 70 valence electrons. The van der Waals surface area contributed by atoms with Gasteiger partial charge in [0.15, 0.2) is 0 Å². The summed E-state index contributed by atoms with van der Waals surface area (Å²) in [6.45, 7) is 0. The number of benzene rings is 1. The number of nitrogens with two attached hydrogens (primary N) is 1. The Morgan fingerprint density at radius 3 is 2.54 bits per heavy atom. The summed E-state index contributed by atoms with van der Waals surface area (Å²) in [4.78, 5) is 0. The molecule has 1 aromatic rings. The van der Waals surface area contributed by atoms with Gasteiger partial charge < -0.3 is 10.8 Å². The molecule has 1 unspecified atom stereocenters. The molecule has 0 amide bonds. The third-order valence-electron chi connectivity index (χ3n) is 2.58. The molecule has 0 saturated heterocycles. The van der Waals surface area contributed by atoms with Crippen LogP contribution in [0.15, 0.2) is 24.3 Å². The van der Waals surface area contributed by atoms with Crippen LogP contribution in [0.2, 0.25) is 5.02 Å². The monoisotopic (exact) mass is 197 g/mol. The highest BCUT2D eigenvalue weighted by atomic mass is 35.5. The smallest absolute Gasteiger partial charge is 0.0842 e. The molecule has 1 aliphatic rings. The predicted octanol–water partition coefficient (Wildman–Crippen LogP) is 1.86. The maximum Gasteiger partial charge on any atom is 0.0842 e. The normalized spacial score (nSPS) is 21.2. The fraction of sp³-hybridized carbons (Fsp3) is 0.400. The van der Waals surface area contributed by atoms with E-state index in [9.17, 15) is 5.11 Å². The lowest BCUT2D eigenvalue weighted by Crippen LogP contribution is -2.27. The fourth-order valence-corrected chi connectivity index (χ4v) is 1.71. The first-order valence-corrected chi connectivity index (χ1v) is 4.74. The highest BCUT2D eigenvalue weighted by Crippen LogP contribution is 2.45. The van der Waals surface area contributed by atoms with E-state index < -0.39 is 5.60 Å². The lowest BCUT2D eigenvalue weighted by Gasteiger charge is -2.18. The molecule has 3 heteroatoms. The SMILES string of the molecule is NC(c1ccccc1Cl)C1(O)CC1. The van der Waals surface area contributed by atoms with Gasteiger partial charge in [0.25, 0.3) is 0 Å². The van der Waals surface area contributed by atoms with Crippen LogP contribution in [0.4, 0.5) is 0 Å². The fourth-order valence-electron chi connectivity index (χ4n) is 1.46. The van der Waals surface area contributed by atoms with Crippen LogP contribution >= 0.6 is 11.6 Å². The first-order chi connectivity index (χ1) is 6.13. The van der Waals surface area contributed by atoms with E-state index in [-0.39, 0.29) is 6.04 Å². The Balaban J connectivity index is 2.30. The molecule has 1 aromatic carbocycles. The average molecular weight is 198 g/mol. The third-order valence-corrected chi connectivity index (χ3v) is 2.93. The second-order valence-electron chi connectivity index (χ2n) is 3.60. The Bertz CT molecular complexity index is 322. The number of aliphatic hydroxyl groups is 1. The average Bonchev–Trinajstić information content (AvgIpc) is 2.85. The highest BCUT2D eigenvalue weighted by Gasteiger charge is 2.47. The van der Waals surface area contributed by atoms with Crippen molar-refractivity contribution in [2.75, 3.05) is 0 Å². The first-order valence-electron chi connectivity index (χ1n) is 4.36. The molecule has 13 heavy (non-hydrogen) atoms. The van der Waals surface area contributed by atoms with Crippen molar-refractivity contribution >= 4 is 11.6 Å². The van der Waals surface area contributed by atoms with Gasteiger partial charge in [-0.2, -0.15) is 0 Å². The molecular weight excluding hydrogens is 186 g/mol. The molecule has 0 aliphatic heterocycles. The van der Waals surface area contributed by atoms with Gasteiger partial charge in [-0.05, 0) is 24.5 Å². The number of halogens is 1. The van der Waals surface area contributed by atoms with E-state index in [0.29, 0.717) is 5.02 Å². The molecule has 1 aliphatic carbocycles. The second kappa shape index (κ2) is 2.98. The molecule has 0 radical (unpaired) electrons. The van der Waals surface area contributed by atoms with Crippen LogP contribution in [0.3, 0.4) is 0 Å². The maximum atomic E-state index is 9.79. The number of hydrogen-bond donors (Lipinski definition) is 2. The lowest BCUT2D eigenvalue weighted by atomic mass is 10.0. The van der Waals surface area contributed by atoms with Crippen LogP contribution in [-0.4, -0.2) is 10.7 Å². The van der Waals surface area contributed by atoms with Crippen molar-refractivity contribution in [3.05, 3.63) is 34.9 Å². The molecule has 0 spiro atoms. The molecule has 1 atom stereocenters. The largest absolute Gasteiger partial charge is 0.388 e. The summed E-state index contributed by atoms with van der Waals surface area (Å²) < 4.78 is 0. The van der Waals surface area contributed by atoms with Gasteiger partial charge >= 0.3 is 0 Å². The molecule has 2 rings (SSSR count). The van der Waals surface area contributed by atoms with Crippen molar-refractivity contribution < 1.29 is 5.11 Å². The van der Waals surface area contributed by atoms with Gasteiger partial charge in [0.2, 0.25) is 0 Å². The van der Waals surface area contributed by atoms with Gasteiger partial charge in [-0.3, -0.25) is 0 Å². The predicted molar refractivity (Wildman–Crippen MR) is 52.6 cm³/mol. The van der Waals surface area contributed by atoms with Gasteiger partial charge in [0.1, 0.15) is 0 Å². The van der Waals surface area contributed by atoms with E-state index in [1.807, 2.05) is 18.2 Å². The summed E-state index contributed by atoms with van der Waals surface area (Å²) >= 11 is 5.96. The Labute approximate surface area is 82.3 Å². The Morgan fingerprint density at radius 1 is 1.38 bits per heavy atom. The molecule has 0 aromatic heterocycles. The van der Waals surface area contributed by atoms with Crippen molar-refractivity contribution in [2.24, 2.45) is 5.73 Å². The maximum absolute atomic E-state index is 9.79. The minimum Gasteiger partial charge on any atom is -0.388 e. The van der Waals surface area contributed by atoms with Crippen LogP contribution in [-0.2, 0) is 0 Å². The number of rotatable bonds is 2. The van der Waals surface area contributed by atoms with Gasteiger partial charge in [-0.25, -0.2) is 0 Å². The Hall–Kier alpha value is -0.570. The van der Waals surface area contributed by atoms with Crippen LogP contribution in [0, 0.1) is 0 Å². The van der Waals surface area contributed by atoms with E-state index >= 15 is 0 Å². The lowest BCUT2D eigenvalue weighted by molar-refractivity contribution is 0.120. The second-order valence-corrected chi connectivity index (χ2v) is 4.01. The van der Waals surface area contributed by atoms with Gasteiger partial charge in [0, 0.05) is 5.02 Å². The van der Waals surface area contributed by atoms with Gasteiger partial charge in [-0.1, -0.05) is 29.8 Å². The quantitative estimate of drug-likeness (QED) is 0.761. The van der Waals surface area contributed by atoms with Gasteiger partial charge in [0.05, 0.1) is 11.6 Å². The van der Waals surface area contributed by atoms with E-state index in [2.05, 4.69) is 0 Å². The summed E-state index contributed by atoms with van der Waals surface area (Å²) in [5.74, 6) is 0. The summed E-state index contributed by atoms with van der Waals surface area (Å²) in [7, 11) is 0. The molecule has 1 fully saturated rings. The summed E-state index contributed by atoms with van der Waals surface area (Å²) in [6, 6.07) is 7.05. The van der Waals surface area contributed by atoms with Crippen molar-refractivity contribution in [3.63, 3.8) is 0 Å². The molecule has 0 heterocycles. The van der Waals surface area contributed by atoms with E-state index in [0.717, 1.165) is 18.4 Å². The molecule has 2 nitrogen and oxygen atoms in total. The summed E-state index contributed by atoms with van der Waals surface area (Å²) in [6.07, 6.45) is 1.55. The Kier molecular flexibility index (Phi) is 2.06. The van der Waals surface area contributed by atoms with Crippen molar-refractivity contribution in [3.8, 4) is 0 Å². The minimum atomic E-state index is -0.703. The van der Waals surface area contributed by atoms with E-state index in [4.69, 9.17) is 17.3 Å². The van der Waals surface area contributed by atoms with Crippen LogP contribution in [0.5, 0.6) is 0 Å². The van der Waals surface area contributed by atoms with Gasteiger partial charge in [-0.15, -0.1) is 0 Å². The zero-order valence-electron chi connectivity index (χ0n) is 7.20. The standard InChI is InChI=1S/C10H12ClNO/c11-8-4-2-1-3-7(8)9(12)10(13)5-6-10/h1-4,9,13H,5-6,12H2. The summed E-state index contributed by atoms with van der Waals surface area (Å²) in [5, 5.41) is 10.4. The van der Waals surface area contributed by atoms with Crippen LogP contribution in [0.25, 0.3) is 0 Å². The third kappa shape index (κ3) is 1.57. The van der Waals surface area contributed by atoms with Crippen molar-refractivity contribution in [1.29, 1.82) is 0 Å². The summed E-state index contributed by atoms with van der Waals surface area (Å²) in [5.41, 5.74) is 6.03. The van der Waals surface area contributed by atoms with E-state index in [1.165, 1.54) is 0 Å². The van der Waals surface area contributed by atoms with E-state index in [1.54, 1.807) is 6.07 Å². The number of hydrogen-bond acceptors (Lipinski definition) is 2. The van der Waals surface area contributed by atoms with Crippen LogP contribution in [0.1, 0.15) is 24.4 Å². The highest BCUT2D eigenvalue weighted by molar-refractivity contribution is 6.31. The molecule has 1 saturated carbocycles. The molecule has 3 N–H and O–H groups in total. The van der Waals surface area contributed by atoms with Crippen molar-refractivity contribution in [2.45, 2.75) is 24.5 Å². The molecular formula is C10H12ClNO. The zero-order chi connectivity index (χ0) is 9.47. The molecule has 0 bridgehead atoms.